The highest BCUT2D eigenvalue weighted by molar-refractivity contribution is 9.12. The zero-order valence-electron chi connectivity index (χ0n) is 17.3. The van der Waals surface area contributed by atoms with Crippen LogP contribution in [0.3, 0.4) is 0 Å². The molecule has 4 atom stereocenters. The van der Waals surface area contributed by atoms with Gasteiger partial charge in [-0.25, -0.2) is 4.79 Å². The summed E-state index contributed by atoms with van der Waals surface area (Å²) >= 11 is 7.15. The van der Waals surface area contributed by atoms with E-state index >= 15 is 0 Å². The van der Waals surface area contributed by atoms with Crippen molar-refractivity contribution in [2.24, 2.45) is 11.8 Å². The van der Waals surface area contributed by atoms with E-state index < -0.39 is 12.6 Å². The van der Waals surface area contributed by atoms with Gasteiger partial charge < -0.3 is 4.74 Å². The summed E-state index contributed by atoms with van der Waals surface area (Å²) in [5, 5.41) is 0. The number of imide groups is 1. The number of ether oxygens (including phenoxy) is 1. The van der Waals surface area contributed by atoms with Crippen LogP contribution in [0.15, 0.2) is 48.5 Å². The van der Waals surface area contributed by atoms with Crippen LogP contribution in [0.5, 0.6) is 0 Å². The number of hydrogen-bond acceptors (Lipinski definition) is 5. The highest BCUT2D eigenvalue weighted by Gasteiger charge is 2.52. The average molecular weight is 563 g/mol. The number of hydrogen-bond donors (Lipinski definition) is 0. The number of carbonyl (C=O) groups excluding carboxylic acids is 4. The summed E-state index contributed by atoms with van der Waals surface area (Å²) in [5.41, 5.74) is 2.00. The Balaban J connectivity index is 1.47. The molecular formula is C24H21Br2NO5. The molecule has 1 heterocycles. The number of carbonyl (C=O) groups is 4. The minimum Gasteiger partial charge on any atom is -0.454 e. The third kappa shape index (κ3) is 4.43. The Morgan fingerprint density at radius 1 is 0.938 bits per heavy atom. The summed E-state index contributed by atoms with van der Waals surface area (Å²) in [7, 11) is 0. The van der Waals surface area contributed by atoms with E-state index in [1.807, 2.05) is 19.1 Å². The molecule has 166 valence electrons. The number of anilines is 1. The van der Waals surface area contributed by atoms with E-state index in [9.17, 15) is 19.2 Å². The molecule has 0 radical (unpaired) electrons. The Labute approximate surface area is 202 Å². The highest BCUT2D eigenvalue weighted by Crippen LogP contribution is 2.44. The van der Waals surface area contributed by atoms with Crippen molar-refractivity contribution in [3.8, 4) is 0 Å². The minimum absolute atomic E-state index is 0.118. The fraction of sp³-hybridized carbons (Fsp3) is 0.333. The smallest absolute Gasteiger partial charge is 0.338 e. The molecule has 6 nitrogen and oxygen atoms in total. The van der Waals surface area contributed by atoms with Crippen molar-refractivity contribution in [2.45, 2.75) is 29.4 Å². The zero-order chi connectivity index (χ0) is 23.0. The number of amides is 2. The number of rotatable bonds is 5. The molecule has 4 rings (SSSR count). The molecule has 1 aliphatic heterocycles. The lowest BCUT2D eigenvalue weighted by Gasteiger charge is -2.29. The van der Waals surface area contributed by atoms with Gasteiger partial charge in [0.15, 0.2) is 12.4 Å². The molecular weight excluding hydrogens is 542 g/mol. The Morgan fingerprint density at radius 2 is 1.53 bits per heavy atom. The molecule has 0 unspecified atom stereocenters. The molecule has 2 fully saturated rings. The Bertz CT molecular complexity index is 1060. The number of halogens is 2. The third-order valence-electron chi connectivity index (χ3n) is 5.96. The quantitative estimate of drug-likeness (QED) is 0.233. The van der Waals surface area contributed by atoms with Crippen LogP contribution < -0.4 is 4.90 Å². The molecule has 1 saturated heterocycles. The fourth-order valence-electron chi connectivity index (χ4n) is 4.16. The largest absolute Gasteiger partial charge is 0.454 e. The second-order valence-electron chi connectivity index (χ2n) is 8.14. The number of ketones is 1. The van der Waals surface area contributed by atoms with Gasteiger partial charge in [-0.2, -0.15) is 0 Å². The second-order valence-corrected chi connectivity index (χ2v) is 10.5. The van der Waals surface area contributed by atoms with Crippen LogP contribution in [0.4, 0.5) is 5.69 Å². The average Bonchev–Trinajstić information content (AvgIpc) is 3.02. The van der Waals surface area contributed by atoms with Gasteiger partial charge in [0.1, 0.15) is 0 Å². The standard InChI is InChI=1S/C24H21Br2NO5/c1-13-5-7-14(8-6-13)21(28)12-32-24(31)15-3-2-4-16(9-15)27-22(29)17-10-19(25)20(26)11-18(17)23(27)30/h2-9,17-20H,10-12H2,1H3/t17-,18+,19-,20-/m0/s1. The van der Waals surface area contributed by atoms with Gasteiger partial charge in [0.05, 0.1) is 23.1 Å². The maximum atomic E-state index is 13.0. The molecule has 2 amide bonds. The van der Waals surface area contributed by atoms with Crippen LogP contribution in [-0.4, -0.2) is 39.8 Å². The lowest BCUT2D eigenvalue weighted by Crippen LogP contribution is -2.34. The minimum atomic E-state index is -0.690. The molecule has 0 N–H and O–H groups in total. The maximum absolute atomic E-state index is 13.0. The Hall–Kier alpha value is -2.32. The molecule has 1 aliphatic carbocycles. The van der Waals surface area contributed by atoms with E-state index in [0.29, 0.717) is 24.1 Å². The molecule has 2 aromatic carbocycles. The van der Waals surface area contributed by atoms with Crippen LogP contribution in [-0.2, 0) is 14.3 Å². The van der Waals surface area contributed by atoms with Crippen molar-refractivity contribution in [3.63, 3.8) is 0 Å². The van der Waals surface area contributed by atoms with Crippen molar-refractivity contribution in [1.82, 2.24) is 0 Å². The van der Waals surface area contributed by atoms with Gasteiger partial charge in [-0.15, -0.1) is 0 Å². The van der Waals surface area contributed by atoms with Crippen LogP contribution in [0.1, 0.15) is 39.1 Å². The molecule has 1 saturated carbocycles. The first-order valence-electron chi connectivity index (χ1n) is 10.3. The van der Waals surface area contributed by atoms with Crippen LogP contribution in [0.25, 0.3) is 0 Å². The van der Waals surface area contributed by atoms with Crippen molar-refractivity contribution in [2.75, 3.05) is 11.5 Å². The predicted octanol–water partition coefficient (Wildman–Crippen LogP) is 4.46. The first-order chi connectivity index (χ1) is 15.3. The summed E-state index contributed by atoms with van der Waals surface area (Å²) in [5.74, 6) is -2.23. The van der Waals surface area contributed by atoms with Crippen LogP contribution in [0.2, 0.25) is 0 Å². The van der Waals surface area contributed by atoms with Gasteiger partial charge in [0.2, 0.25) is 11.8 Å². The third-order valence-corrected chi connectivity index (χ3v) is 8.69. The van der Waals surface area contributed by atoms with E-state index in [2.05, 4.69) is 31.9 Å². The Morgan fingerprint density at radius 3 is 2.12 bits per heavy atom. The van der Waals surface area contributed by atoms with E-state index in [1.54, 1.807) is 24.3 Å². The van der Waals surface area contributed by atoms with Gasteiger partial charge in [-0.3, -0.25) is 19.3 Å². The van der Waals surface area contributed by atoms with E-state index in [1.165, 1.54) is 17.0 Å². The highest BCUT2D eigenvalue weighted by atomic mass is 79.9. The number of fused-ring (bicyclic) bond motifs is 1. The van der Waals surface area contributed by atoms with E-state index in [-0.39, 0.29) is 44.7 Å². The lowest BCUT2D eigenvalue weighted by atomic mass is 9.81. The number of benzene rings is 2. The Kier molecular flexibility index (Phi) is 6.62. The topological polar surface area (TPSA) is 80.8 Å². The van der Waals surface area contributed by atoms with Gasteiger partial charge in [-0.05, 0) is 38.0 Å². The lowest BCUT2D eigenvalue weighted by molar-refractivity contribution is -0.122. The van der Waals surface area contributed by atoms with Crippen LogP contribution in [0, 0.1) is 18.8 Å². The van der Waals surface area contributed by atoms with Crippen molar-refractivity contribution >= 4 is 61.1 Å². The number of Topliss-reactive ketones (excluding diaryl/α,β-unsaturated/α-hetero) is 1. The number of alkyl halides is 2. The molecule has 2 aliphatic rings. The number of aryl methyl sites for hydroxylation is 1. The first-order valence-corrected chi connectivity index (χ1v) is 12.1. The maximum Gasteiger partial charge on any atom is 0.338 e. The van der Waals surface area contributed by atoms with Gasteiger partial charge >= 0.3 is 5.97 Å². The van der Waals surface area contributed by atoms with E-state index in [0.717, 1.165) is 5.56 Å². The van der Waals surface area contributed by atoms with Crippen LogP contribution >= 0.6 is 31.9 Å². The summed E-state index contributed by atoms with van der Waals surface area (Å²) in [6.45, 7) is 1.53. The molecule has 32 heavy (non-hydrogen) atoms. The molecule has 2 aromatic rings. The summed E-state index contributed by atoms with van der Waals surface area (Å²) in [6.07, 6.45) is 1.15. The molecule has 0 spiro atoms. The number of esters is 1. The predicted molar refractivity (Wildman–Crippen MR) is 126 cm³/mol. The summed E-state index contributed by atoms with van der Waals surface area (Å²) in [6, 6.07) is 13.2. The molecule has 0 aromatic heterocycles. The van der Waals surface area contributed by atoms with Crippen molar-refractivity contribution in [1.29, 1.82) is 0 Å². The monoisotopic (exact) mass is 561 g/mol. The summed E-state index contributed by atoms with van der Waals surface area (Å²) < 4.78 is 5.18. The SMILES string of the molecule is Cc1ccc(C(=O)COC(=O)c2cccc(N3C(=O)[C@H]4C[C@H](Br)[C@@H](Br)C[C@H]4C3=O)c2)cc1. The van der Waals surface area contributed by atoms with Gasteiger partial charge in [0.25, 0.3) is 0 Å². The number of nitrogens with zero attached hydrogens (tertiary/aromatic N) is 1. The second kappa shape index (κ2) is 9.27. The molecule has 0 bridgehead atoms. The van der Waals surface area contributed by atoms with E-state index in [4.69, 9.17) is 4.74 Å². The van der Waals surface area contributed by atoms with Crippen molar-refractivity contribution in [3.05, 3.63) is 65.2 Å². The van der Waals surface area contributed by atoms with Gasteiger partial charge in [-0.1, -0.05) is 67.8 Å². The first kappa shape index (κ1) is 22.9. The molecule has 8 heteroatoms. The van der Waals surface area contributed by atoms with Crippen molar-refractivity contribution < 1.29 is 23.9 Å². The fourth-order valence-corrected chi connectivity index (χ4v) is 5.40. The summed E-state index contributed by atoms with van der Waals surface area (Å²) in [4.78, 5) is 52.2. The zero-order valence-corrected chi connectivity index (χ0v) is 20.5. The normalized spacial score (nSPS) is 24.9. The van der Waals surface area contributed by atoms with Gasteiger partial charge in [0, 0.05) is 15.2 Å².